The van der Waals surface area contributed by atoms with Gasteiger partial charge in [0.2, 0.25) is 0 Å². The minimum atomic E-state index is -1.51. The number of carboxylic acids is 1. The number of nitrogens with one attached hydrogen (secondary N) is 1. The third-order valence-corrected chi connectivity index (χ3v) is 2.89. The average molecular weight is 295 g/mol. The molecule has 1 aromatic carbocycles. The summed E-state index contributed by atoms with van der Waals surface area (Å²) >= 11 is 0. The van der Waals surface area contributed by atoms with E-state index in [9.17, 15) is 18.4 Å². The van der Waals surface area contributed by atoms with Gasteiger partial charge in [0.25, 0.3) is 5.91 Å². The molecule has 0 radical (unpaired) electrons. The Hall–Kier alpha value is -2.77. The van der Waals surface area contributed by atoms with Crippen molar-refractivity contribution in [1.29, 1.82) is 0 Å². The van der Waals surface area contributed by atoms with Crippen LogP contribution in [-0.2, 0) is 13.6 Å². The van der Waals surface area contributed by atoms with Crippen LogP contribution in [0.4, 0.5) is 8.78 Å². The van der Waals surface area contributed by atoms with E-state index < -0.39 is 34.6 Å². The number of halogens is 2. The van der Waals surface area contributed by atoms with Crippen LogP contribution in [-0.4, -0.2) is 26.8 Å². The molecule has 0 aliphatic heterocycles. The number of aryl methyl sites for hydroxylation is 1. The number of aromatic carboxylic acids is 1. The van der Waals surface area contributed by atoms with E-state index in [0.717, 1.165) is 0 Å². The summed E-state index contributed by atoms with van der Waals surface area (Å²) in [6.45, 7) is 0.0768. The van der Waals surface area contributed by atoms with E-state index >= 15 is 0 Å². The molecule has 0 fully saturated rings. The lowest BCUT2D eigenvalue weighted by Crippen LogP contribution is -2.26. The monoisotopic (exact) mass is 295 g/mol. The molecule has 0 saturated heterocycles. The van der Waals surface area contributed by atoms with Crippen molar-refractivity contribution >= 4 is 11.9 Å². The Bertz CT molecular complexity index is 713. The number of carbonyl (C=O) groups is 2. The number of carboxylic acid groups (broad SMARTS) is 1. The van der Waals surface area contributed by atoms with Crippen molar-refractivity contribution in [2.75, 3.05) is 0 Å². The lowest BCUT2D eigenvalue weighted by Gasteiger charge is -2.08. The Morgan fingerprint density at radius 1 is 1.29 bits per heavy atom. The molecule has 21 heavy (non-hydrogen) atoms. The Labute approximate surface area is 118 Å². The zero-order valence-corrected chi connectivity index (χ0v) is 10.9. The van der Waals surface area contributed by atoms with Gasteiger partial charge in [-0.1, -0.05) is 0 Å². The van der Waals surface area contributed by atoms with Gasteiger partial charge >= 0.3 is 5.97 Å². The van der Waals surface area contributed by atoms with Crippen LogP contribution in [0.25, 0.3) is 0 Å². The highest BCUT2D eigenvalue weighted by atomic mass is 19.2. The highest BCUT2D eigenvalue weighted by Crippen LogP contribution is 2.15. The maximum Gasteiger partial charge on any atom is 0.336 e. The van der Waals surface area contributed by atoms with Gasteiger partial charge in [0.1, 0.15) is 0 Å². The largest absolute Gasteiger partial charge is 0.478 e. The minimum absolute atomic E-state index is 0.0768. The summed E-state index contributed by atoms with van der Waals surface area (Å²) in [5.41, 5.74) is -0.372. The molecule has 0 aliphatic rings. The molecule has 0 spiro atoms. The van der Waals surface area contributed by atoms with Crippen molar-refractivity contribution in [3.63, 3.8) is 0 Å². The zero-order chi connectivity index (χ0) is 15.6. The van der Waals surface area contributed by atoms with Crippen molar-refractivity contribution in [2.24, 2.45) is 7.05 Å². The Kier molecular flexibility index (Phi) is 3.97. The number of nitrogens with zero attached hydrogens (tertiary/aromatic N) is 2. The Morgan fingerprint density at radius 3 is 2.43 bits per heavy atom. The summed E-state index contributed by atoms with van der Waals surface area (Å²) in [5, 5.41) is 15.3. The molecule has 110 valence electrons. The van der Waals surface area contributed by atoms with Gasteiger partial charge in [-0.2, -0.15) is 5.10 Å². The third-order valence-electron chi connectivity index (χ3n) is 2.89. The second-order valence-corrected chi connectivity index (χ2v) is 4.25. The average Bonchev–Trinajstić information content (AvgIpc) is 2.84. The number of benzene rings is 1. The summed E-state index contributed by atoms with van der Waals surface area (Å²) in [4.78, 5) is 22.9. The summed E-state index contributed by atoms with van der Waals surface area (Å²) in [5.74, 6) is -4.94. The van der Waals surface area contributed by atoms with Crippen molar-refractivity contribution in [3.8, 4) is 0 Å². The van der Waals surface area contributed by atoms with Crippen LogP contribution >= 0.6 is 0 Å². The number of carbonyl (C=O) groups excluding carboxylic acids is 1. The molecular weight excluding hydrogens is 284 g/mol. The topological polar surface area (TPSA) is 84.2 Å². The second-order valence-electron chi connectivity index (χ2n) is 4.25. The predicted octanol–water partition coefficient (Wildman–Crippen LogP) is 1.33. The van der Waals surface area contributed by atoms with Gasteiger partial charge < -0.3 is 10.4 Å². The quantitative estimate of drug-likeness (QED) is 0.891. The van der Waals surface area contributed by atoms with Crippen molar-refractivity contribution in [1.82, 2.24) is 15.1 Å². The minimum Gasteiger partial charge on any atom is -0.478 e. The summed E-state index contributed by atoms with van der Waals surface area (Å²) in [7, 11) is 1.67. The highest BCUT2D eigenvalue weighted by Gasteiger charge is 2.20. The smallest absolute Gasteiger partial charge is 0.336 e. The maximum atomic E-state index is 13.2. The van der Waals surface area contributed by atoms with Crippen LogP contribution in [0.15, 0.2) is 24.4 Å². The molecule has 0 atom stereocenters. The fourth-order valence-corrected chi connectivity index (χ4v) is 1.75. The number of aromatic nitrogens is 2. The number of hydrogen-bond donors (Lipinski definition) is 2. The van der Waals surface area contributed by atoms with E-state index in [2.05, 4.69) is 10.4 Å². The normalized spacial score (nSPS) is 10.4. The first-order valence-corrected chi connectivity index (χ1v) is 5.87. The van der Waals surface area contributed by atoms with E-state index in [1.165, 1.54) is 10.9 Å². The van der Waals surface area contributed by atoms with Crippen LogP contribution in [0, 0.1) is 11.6 Å². The molecule has 0 saturated carbocycles. The lowest BCUT2D eigenvalue weighted by molar-refractivity contribution is 0.0690. The molecule has 2 aromatic rings. The molecule has 1 aromatic heterocycles. The first-order valence-electron chi connectivity index (χ1n) is 5.87. The van der Waals surface area contributed by atoms with Gasteiger partial charge in [-0.05, 0) is 18.2 Å². The van der Waals surface area contributed by atoms with Crippen molar-refractivity contribution in [2.45, 2.75) is 6.54 Å². The van der Waals surface area contributed by atoms with Crippen LogP contribution in [0.2, 0.25) is 0 Å². The summed E-state index contributed by atoms with van der Waals surface area (Å²) in [6.07, 6.45) is 1.53. The highest BCUT2D eigenvalue weighted by molar-refractivity contribution is 6.04. The van der Waals surface area contributed by atoms with Gasteiger partial charge in [-0.25, -0.2) is 13.6 Å². The van der Waals surface area contributed by atoms with Gasteiger partial charge in [-0.15, -0.1) is 0 Å². The van der Waals surface area contributed by atoms with Crippen LogP contribution in [0.1, 0.15) is 26.4 Å². The first-order chi connectivity index (χ1) is 9.90. The molecule has 0 bridgehead atoms. The molecule has 1 amide bonds. The zero-order valence-electron chi connectivity index (χ0n) is 10.9. The second kappa shape index (κ2) is 5.70. The van der Waals surface area contributed by atoms with Crippen molar-refractivity contribution in [3.05, 3.63) is 52.9 Å². The molecule has 8 heteroatoms. The number of amides is 1. The maximum absolute atomic E-state index is 13.2. The third kappa shape index (κ3) is 3.04. The van der Waals surface area contributed by atoms with E-state index in [4.69, 9.17) is 5.11 Å². The van der Waals surface area contributed by atoms with E-state index in [-0.39, 0.29) is 6.54 Å². The van der Waals surface area contributed by atoms with E-state index in [0.29, 0.717) is 17.8 Å². The molecular formula is C13H11F2N3O3. The molecule has 2 rings (SSSR count). The molecule has 0 aliphatic carbocycles. The fourth-order valence-electron chi connectivity index (χ4n) is 1.75. The molecule has 1 heterocycles. The molecule has 6 nitrogen and oxygen atoms in total. The SMILES string of the molecule is Cn1nccc1CNC(=O)c1cc(F)c(F)cc1C(=O)O. The number of rotatable bonds is 4. The molecule has 0 unspecified atom stereocenters. The number of hydrogen-bond acceptors (Lipinski definition) is 3. The van der Waals surface area contributed by atoms with Gasteiger partial charge in [0.05, 0.1) is 23.4 Å². The van der Waals surface area contributed by atoms with Crippen LogP contribution in [0.3, 0.4) is 0 Å². The van der Waals surface area contributed by atoms with Crippen molar-refractivity contribution < 1.29 is 23.5 Å². The standard InChI is InChI=1S/C13H11F2N3O3/c1-18-7(2-3-17-18)6-16-12(19)8-4-10(14)11(15)5-9(8)13(20)21/h2-5H,6H2,1H3,(H,16,19)(H,20,21). The van der Waals surface area contributed by atoms with Crippen LogP contribution in [0.5, 0.6) is 0 Å². The lowest BCUT2D eigenvalue weighted by atomic mass is 10.1. The van der Waals surface area contributed by atoms with Gasteiger partial charge in [0.15, 0.2) is 11.6 Å². The molecule has 2 N–H and O–H groups in total. The first kappa shape index (κ1) is 14.6. The Balaban J connectivity index is 2.24. The van der Waals surface area contributed by atoms with Gasteiger partial charge in [-0.3, -0.25) is 9.48 Å². The van der Waals surface area contributed by atoms with E-state index in [1.54, 1.807) is 13.1 Å². The predicted molar refractivity (Wildman–Crippen MR) is 67.7 cm³/mol. The van der Waals surface area contributed by atoms with E-state index in [1.807, 2.05) is 0 Å². The fraction of sp³-hybridized carbons (Fsp3) is 0.154. The summed E-state index contributed by atoms with van der Waals surface area (Å²) < 4.78 is 27.8. The summed E-state index contributed by atoms with van der Waals surface area (Å²) in [6, 6.07) is 2.71. The van der Waals surface area contributed by atoms with Crippen LogP contribution < -0.4 is 5.32 Å². The van der Waals surface area contributed by atoms with Gasteiger partial charge in [0, 0.05) is 13.2 Å². The Morgan fingerprint density at radius 2 is 1.90 bits per heavy atom.